The Kier molecular flexibility index (Phi) is 8.24. The van der Waals surface area contributed by atoms with Gasteiger partial charge in [0.15, 0.2) is 0 Å². The predicted octanol–water partition coefficient (Wildman–Crippen LogP) is 3.97. The number of carbonyl (C=O) groups is 2. The summed E-state index contributed by atoms with van der Waals surface area (Å²) >= 11 is 0. The van der Waals surface area contributed by atoms with Gasteiger partial charge in [0.1, 0.15) is 11.4 Å². The molecule has 2 N–H and O–H groups in total. The van der Waals surface area contributed by atoms with Gasteiger partial charge in [-0.3, -0.25) is 14.7 Å². The maximum atomic E-state index is 13.9. The van der Waals surface area contributed by atoms with E-state index in [9.17, 15) is 14.0 Å². The van der Waals surface area contributed by atoms with Crippen molar-refractivity contribution in [3.05, 3.63) is 65.2 Å². The average molecular weight is 497 g/mol. The number of nitrogens with zero attached hydrogens (tertiary/aromatic N) is 2. The molecule has 8 heteroatoms. The molecule has 2 aromatic rings. The van der Waals surface area contributed by atoms with E-state index in [1.54, 1.807) is 12.3 Å². The molecular weight excluding hydrogens is 459 g/mol. The van der Waals surface area contributed by atoms with E-state index in [4.69, 9.17) is 4.74 Å². The van der Waals surface area contributed by atoms with E-state index >= 15 is 0 Å². The summed E-state index contributed by atoms with van der Waals surface area (Å²) in [6.45, 7) is 7.33. The third-order valence-electron chi connectivity index (χ3n) is 6.92. The van der Waals surface area contributed by atoms with Crippen LogP contribution in [0.15, 0.2) is 42.7 Å². The number of alkyl carbamates (subject to hydrolysis) is 1. The number of hydrogen-bond donors (Lipinski definition) is 2. The zero-order valence-corrected chi connectivity index (χ0v) is 21.4. The van der Waals surface area contributed by atoms with Gasteiger partial charge in [0.05, 0.1) is 6.54 Å². The van der Waals surface area contributed by atoms with Crippen LogP contribution in [0.3, 0.4) is 0 Å². The quantitative estimate of drug-likeness (QED) is 0.632. The highest BCUT2D eigenvalue weighted by atomic mass is 19.1. The normalized spacial score (nSPS) is 20.9. The summed E-state index contributed by atoms with van der Waals surface area (Å²) in [5, 5.41) is 6.21. The van der Waals surface area contributed by atoms with Gasteiger partial charge in [-0.15, -0.1) is 0 Å². The largest absolute Gasteiger partial charge is 0.444 e. The second-order valence-electron chi connectivity index (χ2n) is 10.9. The third-order valence-corrected chi connectivity index (χ3v) is 6.92. The number of rotatable bonds is 6. The van der Waals surface area contributed by atoms with Crippen LogP contribution in [0.25, 0.3) is 0 Å². The molecule has 36 heavy (non-hydrogen) atoms. The molecular formula is C28H37FN4O3. The first-order valence-electron chi connectivity index (χ1n) is 12.8. The van der Waals surface area contributed by atoms with Crippen molar-refractivity contribution in [1.29, 1.82) is 0 Å². The van der Waals surface area contributed by atoms with Crippen LogP contribution in [0.5, 0.6) is 0 Å². The molecule has 1 aliphatic heterocycles. The third kappa shape index (κ3) is 7.26. The number of amides is 2. The molecule has 1 saturated heterocycles. The van der Waals surface area contributed by atoms with Crippen LogP contribution in [-0.4, -0.2) is 59.2 Å². The van der Waals surface area contributed by atoms with Crippen LogP contribution in [0.4, 0.5) is 9.18 Å². The van der Waals surface area contributed by atoms with Crippen molar-refractivity contribution >= 4 is 12.0 Å². The molecule has 7 nitrogen and oxygen atoms in total. The average Bonchev–Trinajstić information content (AvgIpc) is 2.81. The number of fused-ring (bicyclic) bond motifs is 1. The number of benzene rings is 1. The van der Waals surface area contributed by atoms with Crippen molar-refractivity contribution in [2.24, 2.45) is 0 Å². The lowest BCUT2D eigenvalue weighted by Gasteiger charge is -2.36. The first-order chi connectivity index (χ1) is 17.2. The fraction of sp³-hybridized carbons (Fsp3) is 0.536. The summed E-state index contributed by atoms with van der Waals surface area (Å²) in [7, 11) is 0. The van der Waals surface area contributed by atoms with Gasteiger partial charge >= 0.3 is 6.09 Å². The van der Waals surface area contributed by atoms with Crippen molar-refractivity contribution in [2.45, 2.75) is 76.5 Å². The highest BCUT2D eigenvalue weighted by Gasteiger charge is 2.32. The number of pyridine rings is 1. The number of aryl methyl sites for hydroxylation is 1. The van der Waals surface area contributed by atoms with Gasteiger partial charge in [-0.1, -0.05) is 12.1 Å². The van der Waals surface area contributed by atoms with Gasteiger partial charge in [-0.05, 0) is 87.8 Å². The lowest BCUT2D eigenvalue weighted by Crippen LogP contribution is -2.50. The molecule has 0 bridgehead atoms. The minimum absolute atomic E-state index is 0.000278. The monoisotopic (exact) mass is 496 g/mol. The van der Waals surface area contributed by atoms with Gasteiger partial charge in [-0.25, -0.2) is 9.18 Å². The molecule has 0 radical (unpaired) electrons. The van der Waals surface area contributed by atoms with Crippen LogP contribution >= 0.6 is 0 Å². The first kappa shape index (κ1) is 26.1. The molecule has 4 rings (SSSR count). The lowest BCUT2D eigenvalue weighted by atomic mass is 9.76. The minimum Gasteiger partial charge on any atom is -0.444 e. The molecule has 1 fully saturated rings. The number of likely N-dealkylation sites (tertiary alicyclic amines) is 1. The second kappa shape index (κ2) is 11.4. The Bertz CT molecular complexity index is 1050. The number of aromatic nitrogens is 1. The SMILES string of the molecule is CC(C)(C)OC(=O)NC1CCN(CC(=O)NC2CCc3cc(F)ccc3C2Cc2cccnc2)CC1. The van der Waals surface area contributed by atoms with E-state index in [1.807, 2.05) is 45.2 Å². The van der Waals surface area contributed by atoms with E-state index in [0.29, 0.717) is 6.54 Å². The van der Waals surface area contributed by atoms with Crippen molar-refractivity contribution in [3.8, 4) is 0 Å². The van der Waals surface area contributed by atoms with E-state index in [1.165, 1.54) is 6.07 Å². The maximum Gasteiger partial charge on any atom is 0.407 e. The Morgan fingerprint density at radius 3 is 2.61 bits per heavy atom. The van der Waals surface area contributed by atoms with E-state index < -0.39 is 11.7 Å². The van der Waals surface area contributed by atoms with Crippen molar-refractivity contribution in [1.82, 2.24) is 20.5 Å². The van der Waals surface area contributed by atoms with Crippen molar-refractivity contribution in [2.75, 3.05) is 19.6 Å². The lowest BCUT2D eigenvalue weighted by molar-refractivity contribution is -0.123. The zero-order chi connectivity index (χ0) is 25.7. The van der Waals surface area contributed by atoms with Gasteiger partial charge < -0.3 is 15.4 Å². The van der Waals surface area contributed by atoms with Gasteiger partial charge in [0, 0.05) is 43.5 Å². The molecule has 1 aromatic heterocycles. The molecule has 2 aliphatic rings. The van der Waals surface area contributed by atoms with E-state index in [-0.39, 0.29) is 29.7 Å². The van der Waals surface area contributed by atoms with E-state index in [0.717, 1.165) is 61.9 Å². The Labute approximate surface area is 212 Å². The Morgan fingerprint density at radius 2 is 1.92 bits per heavy atom. The Morgan fingerprint density at radius 1 is 1.14 bits per heavy atom. The van der Waals surface area contributed by atoms with Crippen molar-refractivity contribution in [3.63, 3.8) is 0 Å². The summed E-state index contributed by atoms with van der Waals surface area (Å²) in [6, 6.07) is 8.98. The van der Waals surface area contributed by atoms with Crippen molar-refractivity contribution < 1.29 is 18.7 Å². The molecule has 2 atom stereocenters. The highest BCUT2D eigenvalue weighted by Crippen LogP contribution is 2.35. The summed E-state index contributed by atoms with van der Waals surface area (Å²) < 4.78 is 19.2. The van der Waals surface area contributed by atoms with Gasteiger partial charge in [0.25, 0.3) is 0 Å². The number of piperidine rings is 1. The number of carbonyl (C=O) groups excluding carboxylic acids is 2. The van der Waals surface area contributed by atoms with E-state index in [2.05, 4.69) is 20.5 Å². The maximum absolute atomic E-state index is 13.9. The molecule has 1 aromatic carbocycles. The first-order valence-corrected chi connectivity index (χ1v) is 12.8. The Hall–Kier alpha value is -3.00. The summed E-state index contributed by atoms with van der Waals surface area (Å²) in [5.41, 5.74) is 2.70. The molecule has 1 aliphatic carbocycles. The number of nitrogens with one attached hydrogen (secondary N) is 2. The molecule has 0 saturated carbocycles. The number of hydrogen-bond acceptors (Lipinski definition) is 5. The predicted molar refractivity (Wildman–Crippen MR) is 136 cm³/mol. The van der Waals surface area contributed by atoms with Gasteiger partial charge in [0.2, 0.25) is 5.91 Å². The molecule has 2 amide bonds. The fourth-order valence-corrected chi connectivity index (χ4v) is 5.24. The Balaban J connectivity index is 1.32. The summed E-state index contributed by atoms with van der Waals surface area (Å²) in [4.78, 5) is 31.5. The highest BCUT2D eigenvalue weighted by molar-refractivity contribution is 5.78. The summed E-state index contributed by atoms with van der Waals surface area (Å²) in [5.74, 6) is -0.160. The topological polar surface area (TPSA) is 83.6 Å². The van der Waals surface area contributed by atoms with Crippen LogP contribution in [0, 0.1) is 5.82 Å². The standard InChI is InChI=1S/C28H37FN4O3/c1-28(2,3)36-27(35)31-22-10-13-33(14-11-22)18-26(34)32-25-9-6-20-16-21(29)7-8-23(20)24(25)15-19-5-4-12-30-17-19/h4-5,7-8,12,16-17,22,24-25H,6,9-11,13-15,18H2,1-3H3,(H,31,35)(H,32,34). The van der Waals surface area contributed by atoms with Crippen LogP contribution < -0.4 is 10.6 Å². The van der Waals surface area contributed by atoms with Crippen LogP contribution in [0.2, 0.25) is 0 Å². The summed E-state index contributed by atoms with van der Waals surface area (Å²) in [6.07, 6.45) is 7.01. The number of halogens is 1. The second-order valence-corrected chi connectivity index (χ2v) is 10.9. The fourth-order valence-electron chi connectivity index (χ4n) is 5.24. The van der Waals surface area contributed by atoms with Crippen LogP contribution in [0.1, 0.15) is 62.6 Å². The van der Waals surface area contributed by atoms with Gasteiger partial charge in [-0.2, -0.15) is 0 Å². The molecule has 2 heterocycles. The minimum atomic E-state index is -0.522. The molecule has 194 valence electrons. The zero-order valence-electron chi connectivity index (χ0n) is 21.4. The van der Waals surface area contributed by atoms with Crippen LogP contribution in [-0.2, 0) is 22.4 Å². The number of ether oxygens (including phenoxy) is 1. The molecule has 0 spiro atoms. The molecule has 2 unspecified atom stereocenters. The smallest absolute Gasteiger partial charge is 0.407 e.